The summed E-state index contributed by atoms with van der Waals surface area (Å²) in [6.07, 6.45) is 1.12. The van der Waals surface area contributed by atoms with Gasteiger partial charge in [-0.3, -0.25) is 4.79 Å². The van der Waals surface area contributed by atoms with E-state index >= 15 is 0 Å². The fourth-order valence-corrected chi connectivity index (χ4v) is 2.24. The first-order valence-corrected chi connectivity index (χ1v) is 10.3. The van der Waals surface area contributed by atoms with Crippen LogP contribution >= 0.6 is 0 Å². The van der Waals surface area contributed by atoms with Gasteiger partial charge in [-0.15, -0.1) is 0 Å². The molecule has 0 bridgehead atoms. The molecule has 0 saturated heterocycles. The quantitative estimate of drug-likeness (QED) is 0.347. The average molecular weight is 400 g/mol. The molecule has 3 N–H and O–H groups in total. The average Bonchev–Trinajstić information content (AvgIpc) is 2.63. The molecule has 0 spiro atoms. The highest BCUT2D eigenvalue weighted by atomic mass is 19.1. The normalized spacial score (nSPS) is 13.5. The van der Waals surface area contributed by atoms with E-state index in [1.54, 1.807) is 13.8 Å². The molecule has 0 aromatic heterocycles. The predicted molar refractivity (Wildman–Crippen MR) is 117 cm³/mol. The van der Waals surface area contributed by atoms with Crippen LogP contribution in [0.1, 0.15) is 65.6 Å². The van der Waals surface area contributed by atoms with Crippen LogP contribution in [0, 0.1) is 0 Å². The Morgan fingerprint density at radius 2 is 1.74 bits per heavy atom. The van der Waals surface area contributed by atoms with Gasteiger partial charge >= 0.3 is 0 Å². The number of hydrogen-bond acceptors (Lipinski definition) is 5. The molecule has 27 heavy (non-hydrogen) atoms. The Balaban J connectivity index is -0.000000403. The maximum atomic E-state index is 14.0. The van der Waals surface area contributed by atoms with Crippen LogP contribution in [-0.2, 0) is 14.3 Å². The molecule has 0 radical (unpaired) electrons. The van der Waals surface area contributed by atoms with Crippen LogP contribution < -0.4 is 16.0 Å². The smallest absolute Gasteiger partial charge is 0.216 e. The van der Waals surface area contributed by atoms with Crippen molar-refractivity contribution >= 4 is 5.91 Å². The zero-order valence-electron chi connectivity index (χ0n) is 18.6. The van der Waals surface area contributed by atoms with Crippen LogP contribution in [-0.4, -0.2) is 69.7 Å². The van der Waals surface area contributed by atoms with Gasteiger partial charge in [-0.05, 0) is 27.2 Å². The topological polar surface area (TPSA) is 71.6 Å². The third-order valence-electron chi connectivity index (χ3n) is 3.92. The van der Waals surface area contributed by atoms with Crippen LogP contribution in [0.25, 0.3) is 0 Å². The van der Waals surface area contributed by atoms with Crippen molar-refractivity contribution in [2.24, 2.45) is 0 Å². The lowest BCUT2D eigenvalue weighted by molar-refractivity contribution is -0.120. The van der Waals surface area contributed by atoms with E-state index < -0.39 is 11.8 Å². The lowest BCUT2D eigenvalue weighted by atomic mass is 10.0. The van der Waals surface area contributed by atoms with Crippen LogP contribution in [0.4, 0.5) is 4.39 Å². The molecule has 0 saturated carbocycles. The second-order valence-electron chi connectivity index (χ2n) is 6.86. The number of hydrogen-bond donors (Lipinski definition) is 3. The van der Waals surface area contributed by atoms with E-state index in [1.807, 2.05) is 13.8 Å². The monoisotopic (exact) mass is 399 g/mol. The highest BCUT2D eigenvalue weighted by molar-refractivity contribution is 5.72. The molecule has 7 heteroatoms. The summed E-state index contributed by atoms with van der Waals surface area (Å²) in [5, 5.41) is 9.09. The molecule has 2 unspecified atom stereocenters. The second kappa shape index (κ2) is 18.6. The van der Waals surface area contributed by atoms with E-state index in [9.17, 15) is 9.18 Å². The van der Waals surface area contributed by atoms with E-state index in [4.69, 9.17) is 9.47 Å². The van der Waals surface area contributed by atoms with Gasteiger partial charge in [0.2, 0.25) is 5.91 Å². The minimum Gasteiger partial charge on any atom is -0.379 e. The summed E-state index contributed by atoms with van der Waals surface area (Å²) >= 11 is 0. The van der Waals surface area contributed by atoms with Gasteiger partial charge < -0.3 is 25.4 Å². The minimum atomic E-state index is -1.25. The van der Waals surface area contributed by atoms with Crippen molar-refractivity contribution in [2.45, 2.75) is 79.1 Å². The molecule has 0 aromatic carbocycles. The van der Waals surface area contributed by atoms with E-state index in [0.717, 1.165) is 13.1 Å². The maximum absolute atomic E-state index is 14.0. The van der Waals surface area contributed by atoms with Crippen LogP contribution in [0.5, 0.6) is 0 Å². The lowest BCUT2D eigenvalue weighted by Crippen LogP contribution is -2.44. The Morgan fingerprint density at radius 3 is 2.33 bits per heavy atom. The first-order valence-electron chi connectivity index (χ1n) is 10.3. The van der Waals surface area contributed by atoms with E-state index in [1.165, 1.54) is 19.8 Å². The molecule has 6 nitrogen and oxygen atoms in total. The van der Waals surface area contributed by atoms with Crippen molar-refractivity contribution in [3.8, 4) is 0 Å². The molecule has 0 rings (SSSR count). The summed E-state index contributed by atoms with van der Waals surface area (Å²) in [5.41, 5.74) is -0.929. The van der Waals surface area contributed by atoms with E-state index in [-0.39, 0.29) is 16.7 Å². The molecule has 170 valence electrons. The number of alkyl halides is 1. The number of halogens is 1. The lowest BCUT2D eigenvalue weighted by Gasteiger charge is -2.29. The van der Waals surface area contributed by atoms with Crippen LogP contribution in [0.3, 0.4) is 0 Å². The second-order valence-corrected chi connectivity index (χ2v) is 6.86. The van der Waals surface area contributed by atoms with Gasteiger partial charge in [0.05, 0.1) is 32.0 Å². The summed E-state index contributed by atoms with van der Waals surface area (Å²) in [7, 11) is 0. The van der Waals surface area contributed by atoms with Crippen molar-refractivity contribution in [3.05, 3.63) is 0 Å². The summed E-state index contributed by atoms with van der Waals surface area (Å²) in [4.78, 5) is 10.8. The van der Waals surface area contributed by atoms with Crippen molar-refractivity contribution in [3.63, 3.8) is 0 Å². The molecule has 1 amide bonds. The zero-order valence-corrected chi connectivity index (χ0v) is 18.6. The summed E-state index contributed by atoms with van der Waals surface area (Å²) in [6, 6.07) is 0.539. The van der Waals surface area contributed by atoms with Crippen LogP contribution in [0.2, 0.25) is 0 Å². The zero-order chi connectivity index (χ0) is 21.1. The first kappa shape index (κ1) is 28.4. The van der Waals surface area contributed by atoms with Crippen molar-refractivity contribution in [1.82, 2.24) is 16.0 Å². The Kier molecular flexibility index (Phi) is 19.6. The number of carbonyl (C=O) groups is 1. The standard InChI is InChI=1S/C18H38FN3O3.C2H6.3H2/c1-6-7-15(2)21-10-12-24-11-8-20-9-13-25-18(4,5)17(19)14-22-16(3)23;1-2;;;/h15,17,20-21H,6-14H2,1-5H3,(H,22,23);1-2H3;3*1H. The van der Waals surface area contributed by atoms with E-state index in [2.05, 4.69) is 29.8 Å². The van der Waals surface area contributed by atoms with Gasteiger partial charge in [0.1, 0.15) is 6.17 Å². The highest BCUT2D eigenvalue weighted by Crippen LogP contribution is 2.17. The number of ether oxygens (including phenoxy) is 2. The fraction of sp³-hybridized carbons (Fsp3) is 0.950. The Bertz CT molecular complexity index is 359. The van der Waals surface area contributed by atoms with Crippen LogP contribution in [0.15, 0.2) is 0 Å². The summed E-state index contributed by atoms with van der Waals surface area (Å²) in [6.45, 7) is 17.1. The summed E-state index contributed by atoms with van der Waals surface area (Å²) in [5.74, 6) is -0.241. The van der Waals surface area contributed by atoms with Gasteiger partial charge in [0.25, 0.3) is 0 Å². The predicted octanol–water partition coefficient (Wildman–Crippen LogP) is 3.40. The van der Waals surface area contributed by atoms with Crippen molar-refractivity contribution in [1.29, 1.82) is 0 Å². The third kappa shape index (κ3) is 18.4. The molecular formula is C20H50FN3O3. The van der Waals surface area contributed by atoms with Gasteiger partial charge in [-0.1, -0.05) is 27.2 Å². The number of carbonyl (C=O) groups excluding carboxylic acids is 1. The Labute approximate surface area is 170 Å². The molecule has 0 aromatic rings. The van der Waals surface area contributed by atoms with Gasteiger partial charge in [0.15, 0.2) is 0 Å². The number of amides is 1. The van der Waals surface area contributed by atoms with Gasteiger partial charge in [-0.25, -0.2) is 4.39 Å². The largest absolute Gasteiger partial charge is 0.379 e. The molecular weight excluding hydrogens is 349 g/mol. The van der Waals surface area contributed by atoms with Crippen molar-refractivity contribution < 1.29 is 22.9 Å². The Morgan fingerprint density at radius 1 is 1.15 bits per heavy atom. The number of rotatable bonds is 16. The molecule has 0 aliphatic rings. The number of nitrogens with one attached hydrogen (secondary N) is 3. The molecule has 0 fully saturated rings. The molecule has 0 aliphatic carbocycles. The third-order valence-corrected chi connectivity index (χ3v) is 3.92. The molecule has 2 atom stereocenters. The SMILES string of the molecule is CC.CCCC(C)NCCOCCNCCOC(C)(C)C(F)CNC(C)=O.[HH].[HH].[HH]. The highest BCUT2D eigenvalue weighted by Gasteiger charge is 2.30. The first-order chi connectivity index (χ1) is 12.8. The van der Waals surface area contributed by atoms with Gasteiger partial charge in [0, 0.05) is 36.9 Å². The van der Waals surface area contributed by atoms with E-state index in [0.29, 0.717) is 32.4 Å². The van der Waals surface area contributed by atoms with Gasteiger partial charge in [-0.2, -0.15) is 0 Å². The molecule has 0 aliphatic heterocycles. The Hall–Kier alpha value is -0.760. The minimum absolute atomic E-state index is 0. The summed E-state index contributed by atoms with van der Waals surface area (Å²) < 4.78 is 25.1. The van der Waals surface area contributed by atoms with Crippen molar-refractivity contribution in [2.75, 3.05) is 46.0 Å². The molecule has 0 heterocycles. The maximum Gasteiger partial charge on any atom is 0.216 e. The fourth-order valence-electron chi connectivity index (χ4n) is 2.24.